The lowest BCUT2D eigenvalue weighted by atomic mass is 9.94. The van der Waals surface area contributed by atoms with Gasteiger partial charge in [-0.3, -0.25) is 19.3 Å². The molecule has 0 saturated carbocycles. The summed E-state index contributed by atoms with van der Waals surface area (Å²) in [5.74, 6) is -0.308. The Morgan fingerprint density at radius 1 is 1.06 bits per heavy atom. The Kier molecular flexibility index (Phi) is 4.49. The van der Waals surface area contributed by atoms with E-state index in [1.165, 1.54) is 16.9 Å². The van der Waals surface area contributed by atoms with Crippen molar-refractivity contribution < 1.29 is 11.3 Å². The van der Waals surface area contributed by atoms with Crippen LogP contribution in [0.2, 0.25) is 0 Å². The number of aromatic hydroxyl groups is 1. The average molecular weight is 435 g/mol. The molecule has 0 saturated heterocycles. The van der Waals surface area contributed by atoms with Crippen LogP contribution >= 0.6 is 11.8 Å². The summed E-state index contributed by atoms with van der Waals surface area (Å²) in [6.07, 6.45) is 1.48. The Hall–Kier alpha value is -3.19. The number of benzene rings is 2. The Bertz CT molecular complexity index is 1240. The van der Waals surface area contributed by atoms with E-state index >= 15 is 0 Å². The van der Waals surface area contributed by atoms with Crippen molar-refractivity contribution in [1.82, 2.24) is 9.58 Å². The number of hydrogen-bond donors (Lipinski definition) is 1. The second-order valence-electron chi connectivity index (χ2n) is 7.92. The van der Waals surface area contributed by atoms with Crippen LogP contribution in [0, 0.1) is 0 Å². The molecule has 2 aliphatic rings. The fourth-order valence-corrected chi connectivity index (χ4v) is 5.21. The monoisotopic (exact) mass is 434 g/mol. The molecule has 1 atom stereocenters. The first-order valence-corrected chi connectivity index (χ1v) is 11.2. The van der Waals surface area contributed by atoms with Crippen LogP contribution in [-0.4, -0.2) is 33.3 Å². The largest absolute Gasteiger partial charge is 0.502 e. The highest BCUT2D eigenvalue weighted by atomic mass is 32.2. The van der Waals surface area contributed by atoms with Gasteiger partial charge in [0, 0.05) is 29.0 Å². The number of amides is 1. The fourth-order valence-electron chi connectivity index (χ4n) is 4.15. The molecule has 31 heavy (non-hydrogen) atoms. The highest BCUT2D eigenvalue weighted by molar-refractivity contribution is 7.98. The minimum absolute atomic E-state index is 0.115. The van der Waals surface area contributed by atoms with E-state index in [1.807, 2.05) is 62.4 Å². The van der Waals surface area contributed by atoms with Gasteiger partial charge in [0.1, 0.15) is 6.67 Å². The van der Waals surface area contributed by atoms with Crippen molar-refractivity contribution >= 4 is 17.7 Å². The number of thioether (sulfide) groups is 1. The molecule has 6 nitrogen and oxygen atoms in total. The standard InChI is InChI=1S/C24H23N3O3S/c1-15(2)25-14-27(26-12-11-19(28)23(29)22(26)24(25)30)21-17-8-4-3-7-16(17)13-31-20-10-6-5-9-18(20)21/h3-12,15,21,29H,13-14H2,1-2H3/i21D. The highest BCUT2D eigenvalue weighted by Crippen LogP contribution is 2.42. The number of carbonyl (C=O) groups excluding carboxylic acids is 1. The fraction of sp³-hybridized carbons (Fsp3) is 0.250. The van der Waals surface area contributed by atoms with Gasteiger partial charge in [-0.2, -0.15) is 0 Å². The van der Waals surface area contributed by atoms with Crippen molar-refractivity contribution in [3.05, 3.63) is 93.4 Å². The molecule has 2 aliphatic heterocycles. The first kappa shape index (κ1) is 18.6. The first-order chi connectivity index (χ1) is 15.3. The van der Waals surface area contributed by atoms with Gasteiger partial charge in [0.15, 0.2) is 11.4 Å². The zero-order valence-corrected chi connectivity index (χ0v) is 18.1. The molecular weight excluding hydrogens is 410 g/mol. The maximum atomic E-state index is 13.2. The van der Waals surface area contributed by atoms with Gasteiger partial charge >= 0.3 is 0 Å². The third-order valence-electron chi connectivity index (χ3n) is 5.74. The third kappa shape index (κ3) is 3.11. The van der Waals surface area contributed by atoms with Crippen LogP contribution in [0.15, 0.2) is 70.5 Å². The lowest BCUT2D eigenvalue weighted by Gasteiger charge is -2.45. The molecule has 0 bridgehead atoms. The molecular formula is C24H23N3O3S. The third-order valence-corrected chi connectivity index (χ3v) is 6.87. The van der Waals surface area contributed by atoms with E-state index in [4.69, 9.17) is 0 Å². The number of rotatable bonds is 2. The average Bonchev–Trinajstić information content (AvgIpc) is 2.92. The Morgan fingerprint density at radius 3 is 2.55 bits per heavy atom. The molecule has 2 aromatic carbocycles. The van der Waals surface area contributed by atoms with E-state index in [0.717, 1.165) is 27.3 Å². The first-order valence-electron chi connectivity index (χ1n) is 10.7. The molecule has 3 heterocycles. The van der Waals surface area contributed by atoms with Crippen molar-refractivity contribution in [2.75, 3.05) is 11.7 Å². The molecule has 0 radical (unpaired) electrons. The molecule has 1 N–H and O–H groups in total. The lowest BCUT2D eigenvalue weighted by molar-refractivity contribution is 0.0621. The molecule has 1 aromatic heterocycles. The Labute approximate surface area is 186 Å². The van der Waals surface area contributed by atoms with E-state index in [2.05, 4.69) is 0 Å². The summed E-state index contributed by atoms with van der Waals surface area (Å²) in [4.78, 5) is 28.0. The molecule has 0 fully saturated rings. The summed E-state index contributed by atoms with van der Waals surface area (Å²) in [7, 11) is 0. The van der Waals surface area contributed by atoms with Gasteiger partial charge in [-0.05, 0) is 36.6 Å². The second-order valence-corrected chi connectivity index (χ2v) is 8.94. The number of pyridine rings is 1. The van der Waals surface area contributed by atoms with Gasteiger partial charge in [-0.15, -0.1) is 11.8 Å². The van der Waals surface area contributed by atoms with Crippen LogP contribution < -0.4 is 10.4 Å². The summed E-state index contributed by atoms with van der Waals surface area (Å²) in [5, 5.41) is 12.3. The number of hydrogen-bond acceptors (Lipinski definition) is 5. The number of fused-ring (bicyclic) bond motifs is 3. The van der Waals surface area contributed by atoms with Crippen molar-refractivity contribution in [2.45, 2.75) is 36.6 Å². The van der Waals surface area contributed by atoms with Crippen LogP contribution in [-0.2, 0) is 5.75 Å². The summed E-state index contributed by atoms with van der Waals surface area (Å²) < 4.78 is 11.4. The lowest BCUT2D eigenvalue weighted by Crippen LogP contribution is -2.57. The molecule has 0 spiro atoms. The molecule has 158 valence electrons. The van der Waals surface area contributed by atoms with Crippen LogP contribution in [0.4, 0.5) is 0 Å². The zero-order chi connectivity index (χ0) is 22.6. The second kappa shape index (κ2) is 7.50. The van der Waals surface area contributed by atoms with E-state index in [9.17, 15) is 16.1 Å². The van der Waals surface area contributed by atoms with Gasteiger partial charge in [-0.1, -0.05) is 42.5 Å². The zero-order valence-electron chi connectivity index (χ0n) is 18.3. The van der Waals surface area contributed by atoms with Crippen molar-refractivity contribution in [3.8, 4) is 5.75 Å². The molecule has 1 amide bonds. The maximum Gasteiger partial charge on any atom is 0.278 e. The van der Waals surface area contributed by atoms with E-state index in [1.54, 1.807) is 21.7 Å². The van der Waals surface area contributed by atoms with Crippen LogP contribution in [0.1, 0.15) is 48.4 Å². The molecule has 3 aromatic rings. The quantitative estimate of drug-likeness (QED) is 0.666. The van der Waals surface area contributed by atoms with Crippen LogP contribution in [0.25, 0.3) is 0 Å². The van der Waals surface area contributed by atoms with Gasteiger partial charge in [-0.25, -0.2) is 0 Å². The van der Waals surface area contributed by atoms with Gasteiger partial charge in [0.05, 0.1) is 7.39 Å². The molecule has 7 heteroatoms. The highest BCUT2D eigenvalue weighted by Gasteiger charge is 2.39. The number of aromatic nitrogens is 1. The SMILES string of the molecule is [2H]C1(N2CN(C(C)C)C(=O)c3c(O)c(=O)ccn32)c2ccccc2CSc2ccccc21. The van der Waals surface area contributed by atoms with Crippen molar-refractivity contribution in [2.24, 2.45) is 0 Å². The molecule has 0 aliphatic carbocycles. The predicted molar refractivity (Wildman–Crippen MR) is 121 cm³/mol. The number of carbonyl (C=O) groups is 1. The van der Waals surface area contributed by atoms with Crippen LogP contribution in [0.3, 0.4) is 0 Å². The normalized spacial score (nSPS) is 20.6. The Balaban J connectivity index is 1.85. The van der Waals surface area contributed by atoms with Crippen molar-refractivity contribution in [1.29, 1.82) is 0 Å². The van der Waals surface area contributed by atoms with Crippen LogP contribution in [0.5, 0.6) is 5.75 Å². The summed E-state index contributed by atoms with van der Waals surface area (Å²) >= 11 is 1.68. The summed E-state index contributed by atoms with van der Waals surface area (Å²) in [6.45, 7) is 3.89. The van der Waals surface area contributed by atoms with Gasteiger partial charge < -0.3 is 10.0 Å². The topological polar surface area (TPSA) is 65.8 Å². The molecule has 5 rings (SSSR count). The minimum Gasteiger partial charge on any atom is -0.502 e. The molecule has 1 unspecified atom stereocenters. The smallest absolute Gasteiger partial charge is 0.278 e. The van der Waals surface area contributed by atoms with E-state index < -0.39 is 23.1 Å². The number of nitrogens with zero attached hydrogens (tertiary/aromatic N) is 3. The summed E-state index contributed by atoms with van der Waals surface area (Å²) in [5.41, 5.74) is 1.89. The van der Waals surface area contributed by atoms with Gasteiger partial charge in [0.25, 0.3) is 5.91 Å². The maximum absolute atomic E-state index is 13.2. The van der Waals surface area contributed by atoms with E-state index in [-0.39, 0.29) is 18.4 Å². The minimum atomic E-state index is -1.40. The van der Waals surface area contributed by atoms with E-state index in [0.29, 0.717) is 0 Å². The summed E-state index contributed by atoms with van der Waals surface area (Å²) in [6, 6.07) is 15.3. The van der Waals surface area contributed by atoms with Crippen molar-refractivity contribution in [3.63, 3.8) is 0 Å². The predicted octanol–water partition coefficient (Wildman–Crippen LogP) is 3.71. The van der Waals surface area contributed by atoms with Gasteiger partial charge in [0.2, 0.25) is 5.43 Å². The Morgan fingerprint density at radius 2 is 1.77 bits per heavy atom.